The number of hydrogen-bond donors (Lipinski definition) is 1. The van der Waals surface area contributed by atoms with Crippen molar-refractivity contribution in [1.82, 2.24) is 4.90 Å². The molecule has 1 saturated carbocycles. The molecule has 1 unspecified atom stereocenters. The number of rotatable bonds is 3. The minimum absolute atomic E-state index is 0.0370. The van der Waals surface area contributed by atoms with E-state index in [0.717, 1.165) is 6.42 Å². The number of carbonyl (C=O) groups excluding carboxylic acids is 1. The Morgan fingerprint density at radius 3 is 2.11 bits per heavy atom. The first-order valence-electron chi connectivity index (χ1n) is 7.18. The lowest BCUT2D eigenvalue weighted by Gasteiger charge is -2.34. The van der Waals surface area contributed by atoms with Crippen LogP contribution in [-0.4, -0.2) is 34.0 Å². The molecule has 1 atom stereocenters. The van der Waals surface area contributed by atoms with Crippen molar-refractivity contribution >= 4 is 11.9 Å². The highest BCUT2D eigenvalue weighted by Crippen LogP contribution is 2.69. The van der Waals surface area contributed by atoms with Gasteiger partial charge in [-0.15, -0.1) is 0 Å². The highest BCUT2D eigenvalue weighted by molar-refractivity contribution is 5.91. The summed E-state index contributed by atoms with van der Waals surface area (Å²) in [6, 6.07) is 0. The zero-order valence-corrected chi connectivity index (χ0v) is 12.6. The van der Waals surface area contributed by atoms with E-state index >= 15 is 0 Å². The van der Waals surface area contributed by atoms with Crippen molar-refractivity contribution in [2.24, 2.45) is 16.7 Å². The minimum atomic E-state index is -0.966. The van der Waals surface area contributed by atoms with E-state index in [1.54, 1.807) is 4.90 Å². The summed E-state index contributed by atoms with van der Waals surface area (Å²) >= 11 is 0. The first kappa shape index (κ1) is 14.4. The average molecular weight is 267 g/mol. The summed E-state index contributed by atoms with van der Waals surface area (Å²) in [6.45, 7) is 10.8. The Morgan fingerprint density at radius 1 is 1.21 bits per heavy atom. The van der Waals surface area contributed by atoms with Crippen LogP contribution in [0.1, 0.15) is 53.9 Å². The first-order chi connectivity index (χ1) is 8.63. The van der Waals surface area contributed by atoms with Gasteiger partial charge in [-0.25, -0.2) is 4.79 Å². The zero-order chi connectivity index (χ0) is 14.6. The molecule has 0 spiro atoms. The Morgan fingerprint density at radius 2 is 1.74 bits per heavy atom. The first-order valence-corrected chi connectivity index (χ1v) is 7.18. The number of amides is 1. The van der Waals surface area contributed by atoms with Crippen LogP contribution in [0.25, 0.3) is 0 Å². The molecule has 0 bridgehead atoms. The molecule has 108 valence electrons. The van der Waals surface area contributed by atoms with Crippen LogP contribution in [-0.2, 0) is 9.59 Å². The van der Waals surface area contributed by atoms with Crippen LogP contribution in [0.2, 0.25) is 0 Å². The number of carbonyl (C=O) groups is 2. The van der Waals surface area contributed by atoms with Crippen LogP contribution in [0.5, 0.6) is 0 Å². The number of nitrogens with zero attached hydrogens (tertiary/aromatic N) is 1. The summed E-state index contributed by atoms with van der Waals surface area (Å²) < 4.78 is 0. The Kier molecular flexibility index (Phi) is 3.00. The fourth-order valence-electron chi connectivity index (χ4n) is 3.91. The summed E-state index contributed by atoms with van der Waals surface area (Å²) in [5.41, 5.74) is -1.04. The van der Waals surface area contributed by atoms with Crippen LogP contribution in [0.3, 0.4) is 0 Å². The number of aliphatic carboxylic acids is 1. The van der Waals surface area contributed by atoms with Crippen LogP contribution < -0.4 is 0 Å². The summed E-state index contributed by atoms with van der Waals surface area (Å²) in [7, 11) is 0. The highest BCUT2D eigenvalue weighted by Gasteiger charge is 2.70. The van der Waals surface area contributed by atoms with Gasteiger partial charge in [0.2, 0.25) is 5.91 Å². The van der Waals surface area contributed by atoms with E-state index in [9.17, 15) is 14.7 Å². The molecule has 1 amide bonds. The van der Waals surface area contributed by atoms with Gasteiger partial charge in [-0.05, 0) is 30.1 Å². The molecule has 0 aromatic carbocycles. The van der Waals surface area contributed by atoms with Crippen molar-refractivity contribution in [3.05, 3.63) is 0 Å². The van der Waals surface area contributed by atoms with Gasteiger partial charge in [0.15, 0.2) is 0 Å². The zero-order valence-electron chi connectivity index (χ0n) is 12.6. The van der Waals surface area contributed by atoms with Crippen molar-refractivity contribution in [2.75, 3.05) is 6.54 Å². The normalized spacial score (nSPS) is 32.4. The maximum Gasteiger partial charge on any atom is 0.329 e. The predicted molar refractivity (Wildman–Crippen MR) is 72.7 cm³/mol. The standard InChI is InChI=1S/C15H25NO3/c1-6-15(12(18)19)8-7-9-16(15)11(17)10-13(2,3)14(10,4)5/h10H,6-9H2,1-5H3,(H,18,19). The van der Waals surface area contributed by atoms with Gasteiger partial charge >= 0.3 is 5.97 Å². The van der Waals surface area contributed by atoms with E-state index in [1.165, 1.54) is 0 Å². The van der Waals surface area contributed by atoms with E-state index in [4.69, 9.17) is 0 Å². The van der Waals surface area contributed by atoms with Crippen LogP contribution in [0.15, 0.2) is 0 Å². The molecule has 1 heterocycles. The largest absolute Gasteiger partial charge is 0.479 e. The van der Waals surface area contributed by atoms with E-state index in [0.29, 0.717) is 19.4 Å². The van der Waals surface area contributed by atoms with Crippen LogP contribution >= 0.6 is 0 Å². The molecule has 4 heteroatoms. The number of carboxylic acids is 1. The summed E-state index contributed by atoms with van der Waals surface area (Å²) in [6.07, 6.45) is 1.86. The summed E-state index contributed by atoms with van der Waals surface area (Å²) in [4.78, 5) is 26.1. The minimum Gasteiger partial charge on any atom is -0.479 e. The summed E-state index contributed by atoms with van der Waals surface area (Å²) in [5.74, 6) is -0.864. The number of likely N-dealkylation sites (tertiary alicyclic amines) is 1. The Bertz CT molecular complexity index is 413. The van der Waals surface area contributed by atoms with Crippen molar-refractivity contribution in [3.63, 3.8) is 0 Å². The summed E-state index contributed by atoms with van der Waals surface area (Å²) in [5, 5.41) is 9.55. The number of hydrogen-bond acceptors (Lipinski definition) is 2. The molecule has 1 aliphatic heterocycles. The highest BCUT2D eigenvalue weighted by atomic mass is 16.4. The fraction of sp³-hybridized carbons (Fsp3) is 0.867. The molecule has 4 nitrogen and oxygen atoms in total. The lowest BCUT2D eigenvalue weighted by Crippen LogP contribution is -2.53. The maximum atomic E-state index is 12.8. The van der Waals surface area contributed by atoms with Gasteiger partial charge in [-0.3, -0.25) is 4.79 Å². The van der Waals surface area contributed by atoms with E-state index in [2.05, 4.69) is 27.7 Å². The molecule has 1 N–H and O–H groups in total. The molecule has 19 heavy (non-hydrogen) atoms. The lowest BCUT2D eigenvalue weighted by molar-refractivity contribution is -0.157. The quantitative estimate of drug-likeness (QED) is 0.854. The molecule has 2 fully saturated rings. The molecule has 1 saturated heterocycles. The Balaban J connectivity index is 2.28. The van der Waals surface area contributed by atoms with Crippen molar-refractivity contribution in [3.8, 4) is 0 Å². The van der Waals surface area contributed by atoms with Gasteiger partial charge < -0.3 is 10.0 Å². The smallest absolute Gasteiger partial charge is 0.329 e. The molecule has 0 aromatic rings. The monoisotopic (exact) mass is 267 g/mol. The second-order valence-electron chi connectivity index (χ2n) is 7.16. The Labute approximate surface area is 115 Å². The van der Waals surface area contributed by atoms with Gasteiger partial charge in [-0.2, -0.15) is 0 Å². The third kappa shape index (κ3) is 1.65. The number of carboxylic acid groups (broad SMARTS) is 1. The molecular formula is C15H25NO3. The van der Waals surface area contributed by atoms with E-state index < -0.39 is 11.5 Å². The molecule has 0 aromatic heterocycles. The second kappa shape index (κ2) is 3.97. The van der Waals surface area contributed by atoms with E-state index in [1.807, 2.05) is 6.92 Å². The molecule has 2 aliphatic rings. The van der Waals surface area contributed by atoms with E-state index in [-0.39, 0.29) is 22.7 Å². The average Bonchev–Trinajstić information content (AvgIpc) is 2.68. The predicted octanol–water partition coefficient (Wildman–Crippen LogP) is 2.52. The molecule has 1 aliphatic carbocycles. The van der Waals surface area contributed by atoms with Gasteiger partial charge in [0.1, 0.15) is 5.54 Å². The van der Waals surface area contributed by atoms with Crippen molar-refractivity contribution < 1.29 is 14.7 Å². The third-order valence-electron chi connectivity index (χ3n) is 6.01. The van der Waals surface area contributed by atoms with Crippen molar-refractivity contribution in [2.45, 2.75) is 59.4 Å². The fourth-order valence-corrected chi connectivity index (χ4v) is 3.91. The van der Waals surface area contributed by atoms with Gasteiger partial charge in [0.05, 0.1) is 0 Å². The topological polar surface area (TPSA) is 57.6 Å². The van der Waals surface area contributed by atoms with Gasteiger partial charge in [0, 0.05) is 12.5 Å². The second-order valence-corrected chi connectivity index (χ2v) is 7.16. The molecular weight excluding hydrogens is 242 g/mol. The lowest BCUT2D eigenvalue weighted by atomic mass is 9.92. The third-order valence-corrected chi connectivity index (χ3v) is 6.01. The van der Waals surface area contributed by atoms with Gasteiger partial charge in [0.25, 0.3) is 0 Å². The Hall–Kier alpha value is -1.06. The van der Waals surface area contributed by atoms with Crippen LogP contribution in [0, 0.1) is 16.7 Å². The maximum absolute atomic E-state index is 12.8. The van der Waals surface area contributed by atoms with Crippen molar-refractivity contribution in [1.29, 1.82) is 0 Å². The van der Waals surface area contributed by atoms with Gasteiger partial charge in [-0.1, -0.05) is 34.6 Å². The SMILES string of the molecule is CCC1(C(=O)O)CCCN1C(=O)C1C(C)(C)C1(C)C. The molecule has 0 radical (unpaired) electrons. The van der Waals surface area contributed by atoms with Crippen LogP contribution in [0.4, 0.5) is 0 Å². The molecule has 2 rings (SSSR count).